The SMILES string of the molecule is CCN(CC(=O)O)C1CC(Nc2c([N+](=O)[O-])cnc3ccccc23)C1. The Balaban J connectivity index is 1.77. The van der Waals surface area contributed by atoms with Crippen molar-refractivity contribution in [1.29, 1.82) is 0 Å². The molecule has 2 N–H and O–H groups in total. The summed E-state index contributed by atoms with van der Waals surface area (Å²) >= 11 is 0. The average molecular weight is 344 g/mol. The van der Waals surface area contributed by atoms with Crippen LogP contribution in [0, 0.1) is 10.1 Å². The van der Waals surface area contributed by atoms with Crippen molar-refractivity contribution in [3.63, 3.8) is 0 Å². The standard InChI is InChI=1S/C17H20N4O4/c1-2-20(10-16(22)23)12-7-11(8-12)19-17-13-5-3-4-6-14(13)18-9-15(17)21(24)25/h3-6,9,11-12H,2,7-8,10H2,1H3,(H,18,19)(H,22,23). The molecule has 8 heteroatoms. The number of benzene rings is 1. The van der Waals surface area contributed by atoms with Gasteiger partial charge in [0.25, 0.3) is 0 Å². The highest BCUT2D eigenvalue weighted by Crippen LogP contribution is 2.36. The van der Waals surface area contributed by atoms with E-state index in [1.54, 1.807) is 0 Å². The number of carboxylic acids is 1. The number of para-hydroxylation sites is 1. The predicted molar refractivity (Wildman–Crippen MR) is 93.7 cm³/mol. The van der Waals surface area contributed by atoms with E-state index in [2.05, 4.69) is 10.3 Å². The maximum Gasteiger partial charge on any atom is 0.317 e. The molecule has 8 nitrogen and oxygen atoms in total. The van der Waals surface area contributed by atoms with Gasteiger partial charge in [-0.3, -0.25) is 19.8 Å². The number of anilines is 1. The molecule has 25 heavy (non-hydrogen) atoms. The van der Waals surface area contributed by atoms with Crippen LogP contribution in [-0.4, -0.2) is 51.1 Å². The van der Waals surface area contributed by atoms with Crippen LogP contribution in [0.3, 0.4) is 0 Å². The number of carbonyl (C=O) groups is 1. The third kappa shape index (κ3) is 3.53. The van der Waals surface area contributed by atoms with E-state index in [9.17, 15) is 14.9 Å². The van der Waals surface area contributed by atoms with Crippen LogP contribution < -0.4 is 5.32 Å². The number of rotatable bonds is 7. The Morgan fingerprint density at radius 1 is 1.44 bits per heavy atom. The Morgan fingerprint density at radius 3 is 2.80 bits per heavy atom. The van der Waals surface area contributed by atoms with Gasteiger partial charge in [0.05, 0.1) is 17.0 Å². The minimum Gasteiger partial charge on any atom is -0.480 e. The molecule has 132 valence electrons. The van der Waals surface area contributed by atoms with Crippen molar-refractivity contribution in [2.45, 2.75) is 31.8 Å². The second-order valence-corrected chi connectivity index (χ2v) is 6.22. The van der Waals surface area contributed by atoms with E-state index >= 15 is 0 Å². The molecule has 0 atom stereocenters. The zero-order valence-electron chi connectivity index (χ0n) is 13.9. The van der Waals surface area contributed by atoms with E-state index in [4.69, 9.17) is 5.11 Å². The van der Waals surface area contributed by atoms with Crippen molar-refractivity contribution in [3.8, 4) is 0 Å². The smallest absolute Gasteiger partial charge is 0.317 e. The number of hydrogen-bond acceptors (Lipinski definition) is 6. The lowest BCUT2D eigenvalue weighted by Gasteiger charge is -2.42. The molecule has 1 aliphatic carbocycles. The highest BCUT2D eigenvalue weighted by atomic mass is 16.6. The summed E-state index contributed by atoms with van der Waals surface area (Å²) in [4.78, 5) is 27.9. The molecule has 1 aromatic carbocycles. The second kappa shape index (κ2) is 7.02. The van der Waals surface area contributed by atoms with Crippen LogP contribution in [0.15, 0.2) is 30.5 Å². The van der Waals surface area contributed by atoms with Crippen molar-refractivity contribution < 1.29 is 14.8 Å². The fraction of sp³-hybridized carbons (Fsp3) is 0.412. The topological polar surface area (TPSA) is 109 Å². The lowest BCUT2D eigenvalue weighted by atomic mass is 9.85. The van der Waals surface area contributed by atoms with Gasteiger partial charge >= 0.3 is 11.7 Å². The fourth-order valence-electron chi connectivity index (χ4n) is 3.30. The third-order valence-corrected chi connectivity index (χ3v) is 4.67. The number of pyridine rings is 1. The van der Waals surface area contributed by atoms with Crippen molar-refractivity contribution in [1.82, 2.24) is 9.88 Å². The number of nitrogens with one attached hydrogen (secondary N) is 1. The minimum atomic E-state index is -0.839. The first-order chi connectivity index (χ1) is 12.0. The minimum absolute atomic E-state index is 0.0201. The monoisotopic (exact) mass is 344 g/mol. The summed E-state index contributed by atoms with van der Waals surface area (Å²) in [7, 11) is 0. The molecule has 0 radical (unpaired) electrons. The quantitative estimate of drug-likeness (QED) is 0.586. The lowest BCUT2D eigenvalue weighted by Crippen LogP contribution is -2.51. The van der Waals surface area contributed by atoms with E-state index in [1.807, 2.05) is 36.1 Å². The third-order valence-electron chi connectivity index (χ3n) is 4.67. The molecule has 0 bridgehead atoms. The van der Waals surface area contributed by atoms with Gasteiger partial charge in [-0.05, 0) is 25.5 Å². The summed E-state index contributed by atoms with van der Waals surface area (Å²) in [5.74, 6) is -0.839. The molecule has 1 aromatic heterocycles. The predicted octanol–water partition coefficient (Wildman–Crippen LogP) is 2.49. The summed E-state index contributed by atoms with van der Waals surface area (Å²) in [6.07, 6.45) is 2.80. The van der Waals surface area contributed by atoms with Crippen LogP contribution >= 0.6 is 0 Å². The normalized spacial score (nSPS) is 19.6. The van der Waals surface area contributed by atoms with Crippen LogP contribution in [0.2, 0.25) is 0 Å². The Bertz CT molecular complexity index is 804. The molecule has 0 amide bonds. The first-order valence-corrected chi connectivity index (χ1v) is 8.24. The molecule has 0 unspecified atom stereocenters. The highest BCUT2D eigenvalue weighted by molar-refractivity contribution is 5.95. The number of fused-ring (bicyclic) bond motifs is 1. The number of nitrogens with zero attached hydrogens (tertiary/aromatic N) is 3. The molecule has 0 spiro atoms. The molecule has 1 saturated carbocycles. The Kier molecular flexibility index (Phi) is 4.80. The molecule has 3 rings (SSSR count). The molecular weight excluding hydrogens is 324 g/mol. The van der Waals surface area contributed by atoms with Crippen LogP contribution in [-0.2, 0) is 4.79 Å². The summed E-state index contributed by atoms with van der Waals surface area (Å²) in [5.41, 5.74) is 1.15. The van der Waals surface area contributed by atoms with Gasteiger partial charge in [0.2, 0.25) is 0 Å². The van der Waals surface area contributed by atoms with Gasteiger partial charge in [-0.2, -0.15) is 0 Å². The van der Waals surface area contributed by atoms with Crippen LogP contribution in [0.25, 0.3) is 10.9 Å². The van der Waals surface area contributed by atoms with E-state index in [-0.39, 0.29) is 24.3 Å². The van der Waals surface area contributed by atoms with Gasteiger partial charge in [-0.15, -0.1) is 0 Å². The highest BCUT2D eigenvalue weighted by Gasteiger charge is 2.35. The molecular formula is C17H20N4O4. The maximum absolute atomic E-state index is 11.3. The van der Waals surface area contributed by atoms with E-state index in [0.29, 0.717) is 17.7 Å². The van der Waals surface area contributed by atoms with Gasteiger partial charge in [0, 0.05) is 17.5 Å². The first-order valence-electron chi connectivity index (χ1n) is 8.24. The maximum atomic E-state index is 11.3. The summed E-state index contributed by atoms with van der Waals surface area (Å²) < 4.78 is 0. The number of likely N-dealkylation sites (N-methyl/N-ethyl adjacent to an activating group) is 1. The van der Waals surface area contributed by atoms with Gasteiger partial charge in [0.15, 0.2) is 0 Å². The van der Waals surface area contributed by atoms with Crippen LogP contribution in [0.1, 0.15) is 19.8 Å². The average Bonchev–Trinajstić information content (AvgIpc) is 2.55. The van der Waals surface area contributed by atoms with Crippen molar-refractivity contribution in [2.24, 2.45) is 0 Å². The van der Waals surface area contributed by atoms with Gasteiger partial charge in [0.1, 0.15) is 11.9 Å². The van der Waals surface area contributed by atoms with E-state index in [1.165, 1.54) is 6.20 Å². The molecule has 1 heterocycles. The Labute approximate surface area is 144 Å². The number of nitro groups is 1. The van der Waals surface area contributed by atoms with Gasteiger partial charge in [-0.25, -0.2) is 4.98 Å². The fourth-order valence-corrected chi connectivity index (χ4v) is 3.30. The van der Waals surface area contributed by atoms with Gasteiger partial charge in [-0.1, -0.05) is 25.1 Å². The van der Waals surface area contributed by atoms with Crippen molar-refractivity contribution in [3.05, 3.63) is 40.6 Å². The Hall–Kier alpha value is -2.74. The van der Waals surface area contributed by atoms with Crippen molar-refractivity contribution >= 4 is 28.2 Å². The largest absolute Gasteiger partial charge is 0.480 e. The number of aromatic nitrogens is 1. The first kappa shape index (κ1) is 17.1. The molecule has 1 fully saturated rings. The van der Waals surface area contributed by atoms with E-state index < -0.39 is 10.9 Å². The molecule has 1 aliphatic rings. The van der Waals surface area contributed by atoms with Crippen LogP contribution in [0.4, 0.5) is 11.4 Å². The Morgan fingerprint density at radius 2 is 2.16 bits per heavy atom. The number of hydrogen-bond donors (Lipinski definition) is 2. The summed E-state index contributed by atoms with van der Waals surface area (Å²) in [6, 6.07) is 7.57. The van der Waals surface area contributed by atoms with E-state index in [0.717, 1.165) is 18.2 Å². The summed E-state index contributed by atoms with van der Waals surface area (Å²) in [5, 5.41) is 24.3. The molecule has 2 aromatic rings. The summed E-state index contributed by atoms with van der Waals surface area (Å²) in [6.45, 7) is 2.62. The van der Waals surface area contributed by atoms with Crippen molar-refractivity contribution in [2.75, 3.05) is 18.4 Å². The van der Waals surface area contributed by atoms with Crippen LogP contribution in [0.5, 0.6) is 0 Å². The zero-order valence-corrected chi connectivity index (χ0v) is 13.9. The number of carboxylic acid groups (broad SMARTS) is 1. The molecule has 0 aliphatic heterocycles. The lowest BCUT2D eigenvalue weighted by molar-refractivity contribution is -0.384. The second-order valence-electron chi connectivity index (χ2n) is 6.22. The number of aliphatic carboxylic acids is 1. The van der Waals surface area contributed by atoms with Gasteiger partial charge < -0.3 is 10.4 Å². The zero-order chi connectivity index (χ0) is 18.0. The molecule has 0 saturated heterocycles.